The van der Waals surface area contributed by atoms with Gasteiger partial charge in [0.25, 0.3) is 0 Å². The molecule has 0 spiro atoms. The first-order valence-corrected chi connectivity index (χ1v) is 5.61. The molecule has 0 aromatic rings. The minimum Gasteiger partial charge on any atom is -0.481 e. The molecule has 1 aliphatic heterocycles. The monoisotopic (exact) mass is 216 g/mol. The second-order valence-electron chi connectivity index (χ2n) is 4.30. The summed E-state index contributed by atoms with van der Waals surface area (Å²) in [6, 6.07) is 0. The van der Waals surface area contributed by atoms with E-state index in [0.29, 0.717) is 6.42 Å². The van der Waals surface area contributed by atoms with E-state index in [-0.39, 0.29) is 18.3 Å². The predicted molar refractivity (Wildman–Crippen MR) is 55.6 cm³/mol. The summed E-state index contributed by atoms with van der Waals surface area (Å²) < 4.78 is 5.62. The highest BCUT2D eigenvalue weighted by Crippen LogP contribution is 2.28. The number of aliphatic hydroxyl groups excluding tert-OH is 1. The Bertz CT molecular complexity index is 217. The summed E-state index contributed by atoms with van der Waals surface area (Å²) in [7, 11) is 0. The molecule has 4 nitrogen and oxygen atoms in total. The number of aliphatic hydroxyl groups is 1. The normalized spacial score (nSPS) is 30.1. The lowest BCUT2D eigenvalue weighted by atomic mass is 10.0. The zero-order valence-corrected chi connectivity index (χ0v) is 9.35. The van der Waals surface area contributed by atoms with Crippen LogP contribution in [0.2, 0.25) is 0 Å². The Morgan fingerprint density at radius 2 is 2.20 bits per heavy atom. The third-order valence-electron chi connectivity index (χ3n) is 3.09. The van der Waals surface area contributed by atoms with E-state index in [1.807, 2.05) is 6.92 Å². The van der Waals surface area contributed by atoms with Crippen molar-refractivity contribution in [3.63, 3.8) is 0 Å². The zero-order chi connectivity index (χ0) is 11.4. The zero-order valence-electron chi connectivity index (χ0n) is 9.35. The molecule has 0 bridgehead atoms. The van der Waals surface area contributed by atoms with Crippen molar-refractivity contribution < 1.29 is 19.7 Å². The molecule has 0 aromatic carbocycles. The molecule has 1 heterocycles. The Kier molecular flexibility index (Phi) is 4.54. The summed E-state index contributed by atoms with van der Waals surface area (Å²) in [5.74, 6) is -1.26. The minimum absolute atomic E-state index is 0.0340. The van der Waals surface area contributed by atoms with Gasteiger partial charge < -0.3 is 14.9 Å². The summed E-state index contributed by atoms with van der Waals surface area (Å²) in [6.45, 7) is 3.60. The quantitative estimate of drug-likeness (QED) is 0.729. The number of hydrogen-bond acceptors (Lipinski definition) is 3. The molecule has 1 saturated heterocycles. The molecule has 2 N–H and O–H groups in total. The Balaban J connectivity index is 2.35. The molecule has 0 aliphatic carbocycles. The standard InChI is InChI=1S/C11H20O4/c1-3-8(12)6-9-4-5-10(15-9)7(2)11(13)14/h7-10,12H,3-6H2,1-2H3,(H,13,14)/t7-,8-,9+,10-/m1/s1. The largest absolute Gasteiger partial charge is 0.481 e. The minimum atomic E-state index is -0.809. The van der Waals surface area contributed by atoms with Gasteiger partial charge in [0, 0.05) is 0 Å². The van der Waals surface area contributed by atoms with Crippen molar-refractivity contribution in [3.05, 3.63) is 0 Å². The van der Waals surface area contributed by atoms with Crippen LogP contribution in [0.25, 0.3) is 0 Å². The van der Waals surface area contributed by atoms with Crippen LogP contribution in [0.1, 0.15) is 39.5 Å². The molecule has 0 unspecified atom stereocenters. The van der Waals surface area contributed by atoms with Gasteiger partial charge in [0.2, 0.25) is 0 Å². The molecule has 0 radical (unpaired) electrons. The molecule has 4 atom stereocenters. The molecule has 0 saturated carbocycles. The molecule has 15 heavy (non-hydrogen) atoms. The first-order chi connectivity index (χ1) is 7.04. The number of carbonyl (C=O) groups is 1. The Hall–Kier alpha value is -0.610. The van der Waals surface area contributed by atoms with Gasteiger partial charge in [0.1, 0.15) is 0 Å². The fourth-order valence-corrected chi connectivity index (χ4v) is 1.90. The van der Waals surface area contributed by atoms with Gasteiger partial charge in [-0.25, -0.2) is 0 Å². The van der Waals surface area contributed by atoms with Crippen LogP contribution in [-0.4, -0.2) is 34.5 Å². The van der Waals surface area contributed by atoms with E-state index in [1.165, 1.54) is 0 Å². The Morgan fingerprint density at radius 1 is 1.53 bits per heavy atom. The lowest BCUT2D eigenvalue weighted by Crippen LogP contribution is -2.26. The van der Waals surface area contributed by atoms with Crippen LogP contribution in [0.5, 0.6) is 0 Å². The van der Waals surface area contributed by atoms with Gasteiger partial charge in [-0.05, 0) is 32.6 Å². The van der Waals surface area contributed by atoms with Crippen LogP contribution in [0.15, 0.2) is 0 Å². The number of carboxylic acid groups (broad SMARTS) is 1. The fourth-order valence-electron chi connectivity index (χ4n) is 1.90. The van der Waals surface area contributed by atoms with Crippen LogP contribution in [-0.2, 0) is 9.53 Å². The smallest absolute Gasteiger partial charge is 0.308 e. The lowest BCUT2D eigenvalue weighted by Gasteiger charge is -2.18. The molecule has 0 aromatic heterocycles. The van der Waals surface area contributed by atoms with Crippen LogP contribution in [0.3, 0.4) is 0 Å². The summed E-state index contributed by atoms with van der Waals surface area (Å²) in [5, 5.41) is 18.3. The molecule has 1 fully saturated rings. The maximum atomic E-state index is 10.7. The van der Waals surface area contributed by atoms with Crippen LogP contribution < -0.4 is 0 Å². The number of carboxylic acids is 1. The number of rotatable bonds is 5. The van der Waals surface area contributed by atoms with Crippen molar-refractivity contribution >= 4 is 5.97 Å². The molecule has 1 aliphatic rings. The van der Waals surface area contributed by atoms with Gasteiger partial charge >= 0.3 is 5.97 Å². The highest BCUT2D eigenvalue weighted by atomic mass is 16.5. The van der Waals surface area contributed by atoms with Crippen LogP contribution in [0.4, 0.5) is 0 Å². The average molecular weight is 216 g/mol. The van der Waals surface area contributed by atoms with Gasteiger partial charge in [-0.2, -0.15) is 0 Å². The molecular weight excluding hydrogens is 196 g/mol. The van der Waals surface area contributed by atoms with Crippen LogP contribution in [0, 0.1) is 5.92 Å². The second-order valence-corrected chi connectivity index (χ2v) is 4.30. The number of ether oxygens (including phenoxy) is 1. The first kappa shape index (κ1) is 12.5. The topological polar surface area (TPSA) is 66.8 Å². The second kappa shape index (κ2) is 5.47. The van der Waals surface area contributed by atoms with Crippen molar-refractivity contribution in [1.82, 2.24) is 0 Å². The lowest BCUT2D eigenvalue weighted by molar-refractivity contribution is -0.146. The van der Waals surface area contributed by atoms with Gasteiger partial charge in [0.05, 0.1) is 24.2 Å². The Labute approximate surface area is 90.2 Å². The van der Waals surface area contributed by atoms with Crippen molar-refractivity contribution in [2.75, 3.05) is 0 Å². The van der Waals surface area contributed by atoms with E-state index in [4.69, 9.17) is 9.84 Å². The Morgan fingerprint density at radius 3 is 2.73 bits per heavy atom. The van der Waals surface area contributed by atoms with E-state index < -0.39 is 11.9 Å². The van der Waals surface area contributed by atoms with E-state index in [1.54, 1.807) is 6.92 Å². The summed E-state index contributed by atoms with van der Waals surface area (Å²) >= 11 is 0. The summed E-state index contributed by atoms with van der Waals surface area (Å²) in [5.41, 5.74) is 0. The van der Waals surface area contributed by atoms with Gasteiger partial charge in [0.15, 0.2) is 0 Å². The number of hydrogen-bond donors (Lipinski definition) is 2. The fraction of sp³-hybridized carbons (Fsp3) is 0.909. The highest BCUT2D eigenvalue weighted by Gasteiger charge is 2.33. The maximum Gasteiger partial charge on any atom is 0.308 e. The van der Waals surface area contributed by atoms with Crippen molar-refractivity contribution in [3.8, 4) is 0 Å². The van der Waals surface area contributed by atoms with Gasteiger partial charge in [-0.15, -0.1) is 0 Å². The average Bonchev–Trinajstić information content (AvgIpc) is 2.64. The van der Waals surface area contributed by atoms with E-state index in [9.17, 15) is 9.90 Å². The number of aliphatic carboxylic acids is 1. The highest BCUT2D eigenvalue weighted by molar-refractivity contribution is 5.70. The van der Waals surface area contributed by atoms with Crippen molar-refractivity contribution in [2.24, 2.45) is 5.92 Å². The van der Waals surface area contributed by atoms with Crippen molar-refractivity contribution in [2.45, 2.75) is 57.8 Å². The van der Waals surface area contributed by atoms with Gasteiger partial charge in [-0.1, -0.05) is 6.92 Å². The SMILES string of the molecule is CC[C@@H](O)C[C@@H]1CC[C@H]([C@@H](C)C(=O)O)O1. The van der Waals surface area contributed by atoms with E-state index in [0.717, 1.165) is 19.3 Å². The molecule has 0 amide bonds. The molecular formula is C11H20O4. The van der Waals surface area contributed by atoms with Crippen molar-refractivity contribution in [1.29, 1.82) is 0 Å². The first-order valence-electron chi connectivity index (χ1n) is 5.61. The molecule has 88 valence electrons. The summed E-state index contributed by atoms with van der Waals surface area (Å²) in [6.07, 6.45) is 2.52. The van der Waals surface area contributed by atoms with E-state index in [2.05, 4.69) is 0 Å². The third kappa shape index (κ3) is 3.47. The maximum absolute atomic E-state index is 10.7. The predicted octanol–water partition coefficient (Wildman–Crippen LogP) is 1.42. The third-order valence-corrected chi connectivity index (χ3v) is 3.09. The summed E-state index contributed by atoms with van der Waals surface area (Å²) in [4.78, 5) is 10.7. The molecule has 4 heteroatoms. The van der Waals surface area contributed by atoms with E-state index >= 15 is 0 Å². The van der Waals surface area contributed by atoms with Gasteiger partial charge in [-0.3, -0.25) is 4.79 Å². The molecule has 1 rings (SSSR count). The van der Waals surface area contributed by atoms with Crippen LogP contribution >= 0.6 is 0 Å².